The van der Waals surface area contributed by atoms with Crippen LogP contribution in [0.3, 0.4) is 0 Å². The first-order chi connectivity index (χ1) is 8.49. The van der Waals surface area contributed by atoms with Gasteiger partial charge in [-0.05, 0) is 11.8 Å². The predicted octanol–water partition coefficient (Wildman–Crippen LogP) is 3.14. The molecule has 0 amide bonds. The van der Waals surface area contributed by atoms with E-state index in [-0.39, 0.29) is 10.8 Å². The summed E-state index contributed by atoms with van der Waals surface area (Å²) in [6.07, 6.45) is -2.98. The van der Waals surface area contributed by atoms with Crippen molar-refractivity contribution in [3.63, 3.8) is 0 Å². The van der Waals surface area contributed by atoms with Gasteiger partial charge in [-0.3, -0.25) is 0 Å². The average Bonchev–Trinajstić information content (AvgIpc) is 2.80. The van der Waals surface area contributed by atoms with Gasteiger partial charge in [0.25, 0.3) is 0 Å². The highest BCUT2D eigenvalue weighted by Crippen LogP contribution is 2.32. The molecular weight excluding hydrogens is 285 g/mol. The summed E-state index contributed by atoms with van der Waals surface area (Å²) in [4.78, 5) is 10.8. The smallest absolute Gasteiger partial charge is 0.373 e. The third kappa shape index (κ3) is 3.10. The number of alkyl halides is 3. The van der Waals surface area contributed by atoms with Crippen LogP contribution in [0.2, 0.25) is 0 Å². The van der Waals surface area contributed by atoms with E-state index in [0.29, 0.717) is 4.34 Å². The van der Waals surface area contributed by atoms with Crippen molar-refractivity contribution >= 4 is 28.9 Å². The average molecular weight is 292 g/mol. The van der Waals surface area contributed by atoms with E-state index in [0.717, 1.165) is 11.8 Å². The molecule has 0 radical (unpaired) electrons. The minimum Gasteiger partial charge on any atom is -0.373 e. The van der Waals surface area contributed by atoms with Gasteiger partial charge in [-0.15, -0.1) is 11.3 Å². The zero-order chi connectivity index (χ0) is 13.2. The van der Waals surface area contributed by atoms with Gasteiger partial charge in [0.1, 0.15) is 10.8 Å². The molecule has 0 unspecified atom stereocenters. The molecule has 2 aromatic rings. The molecule has 0 saturated heterocycles. The summed E-state index contributed by atoms with van der Waals surface area (Å²) in [5, 5.41) is 4.53. The van der Waals surface area contributed by atoms with Crippen molar-refractivity contribution in [1.29, 1.82) is 0 Å². The van der Waals surface area contributed by atoms with E-state index in [4.69, 9.17) is 0 Å². The van der Waals surface area contributed by atoms with Gasteiger partial charge < -0.3 is 5.32 Å². The van der Waals surface area contributed by atoms with E-state index in [2.05, 4.69) is 20.3 Å². The highest BCUT2D eigenvalue weighted by Gasteiger charge is 2.35. The molecule has 0 aromatic carbocycles. The summed E-state index contributed by atoms with van der Waals surface area (Å²) in [5.74, 6) is -1.04. The molecule has 18 heavy (non-hydrogen) atoms. The van der Waals surface area contributed by atoms with Crippen LogP contribution in [-0.2, 0) is 6.18 Å². The number of nitrogens with one attached hydrogen (secondary N) is 1. The van der Waals surface area contributed by atoms with Gasteiger partial charge in [-0.25, -0.2) is 15.0 Å². The molecular formula is C9H7F3N4S2. The summed E-state index contributed by atoms with van der Waals surface area (Å²) in [6, 6.07) is 1.45. The lowest BCUT2D eigenvalue weighted by Gasteiger charge is -2.08. The van der Waals surface area contributed by atoms with Crippen LogP contribution in [0.4, 0.5) is 19.0 Å². The fraction of sp³-hybridized carbons (Fsp3) is 0.222. The van der Waals surface area contributed by atoms with Crippen LogP contribution in [-0.4, -0.2) is 22.0 Å². The highest BCUT2D eigenvalue weighted by atomic mass is 32.2. The van der Waals surface area contributed by atoms with Crippen LogP contribution in [0.15, 0.2) is 27.0 Å². The van der Waals surface area contributed by atoms with Crippen molar-refractivity contribution in [2.75, 3.05) is 12.4 Å². The second-order valence-corrected chi connectivity index (χ2v) is 5.22. The first-order valence-electron chi connectivity index (χ1n) is 4.70. The van der Waals surface area contributed by atoms with Crippen LogP contribution < -0.4 is 5.32 Å². The fourth-order valence-corrected chi connectivity index (χ4v) is 2.65. The maximum atomic E-state index is 12.6. The SMILES string of the molecule is CNc1cc(Sc2nccs2)nc(C(F)(F)F)n1. The van der Waals surface area contributed by atoms with Crippen molar-refractivity contribution in [2.24, 2.45) is 0 Å². The van der Waals surface area contributed by atoms with Crippen LogP contribution in [0.1, 0.15) is 5.82 Å². The van der Waals surface area contributed by atoms with Crippen molar-refractivity contribution in [3.8, 4) is 0 Å². The van der Waals surface area contributed by atoms with Crippen LogP contribution >= 0.6 is 23.1 Å². The molecule has 2 heterocycles. The molecule has 0 aliphatic carbocycles. The summed E-state index contributed by atoms with van der Waals surface area (Å²) >= 11 is 2.40. The van der Waals surface area contributed by atoms with Crippen LogP contribution in [0, 0.1) is 0 Å². The molecule has 0 fully saturated rings. The van der Waals surface area contributed by atoms with Gasteiger partial charge >= 0.3 is 6.18 Å². The van der Waals surface area contributed by atoms with Gasteiger partial charge in [-0.2, -0.15) is 13.2 Å². The van der Waals surface area contributed by atoms with E-state index in [9.17, 15) is 13.2 Å². The fourth-order valence-electron chi connectivity index (χ4n) is 1.08. The first kappa shape index (κ1) is 13.1. The second kappa shape index (κ2) is 5.11. The minimum atomic E-state index is -4.56. The number of hydrogen-bond acceptors (Lipinski definition) is 6. The summed E-state index contributed by atoms with van der Waals surface area (Å²) < 4.78 is 38.4. The van der Waals surface area contributed by atoms with Crippen molar-refractivity contribution in [2.45, 2.75) is 15.5 Å². The Morgan fingerprint density at radius 3 is 2.67 bits per heavy atom. The number of aromatic nitrogens is 3. The molecule has 96 valence electrons. The Morgan fingerprint density at radius 2 is 2.11 bits per heavy atom. The topological polar surface area (TPSA) is 50.7 Å². The standard InChI is InChI=1S/C9H7F3N4S2/c1-13-5-4-6(18-8-14-2-3-17-8)16-7(15-5)9(10,11)12/h2-4H,1H3,(H,13,15,16). The molecule has 1 N–H and O–H groups in total. The largest absolute Gasteiger partial charge is 0.451 e. The van der Waals surface area contributed by atoms with Gasteiger partial charge in [0, 0.05) is 24.7 Å². The number of hydrogen-bond donors (Lipinski definition) is 1. The Morgan fingerprint density at radius 1 is 1.33 bits per heavy atom. The van der Waals surface area contributed by atoms with E-state index in [1.54, 1.807) is 11.6 Å². The van der Waals surface area contributed by atoms with Crippen LogP contribution in [0.5, 0.6) is 0 Å². The quantitative estimate of drug-likeness (QED) is 0.881. The molecule has 0 atom stereocenters. The number of nitrogens with zero attached hydrogens (tertiary/aromatic N) is 3. The van der Waals surface area contributed by atoms with Gasteiger partial charge in [0.15, 0.2) is 4.34 Å². The van der Waals surface area contributed by atoms with E-state index < -0.39 is 12.0 Å². The van der Waals surface area contributed by atoms with Crippen molar-refractivity contribution in [3.05, 3.63) is 23.5 Å². The van der Waals surface area contributed by atoms with Gasteiger partial charge in [0.05, 0.1) is 0 Å². The summed E-state index contributed by atoms with van der Waals surface area (Å²) in [7, 11) is 1.50. The van der Waals surface area contributed by atoms with Crippen LogP contribution in [0.25, 0.3) is 0 Å². The Hall–Kier alpha value is -1.35. The molecule has 0 saturated carbocycles. The number of rotatable bonds is 3. The number of halogens is 3. The zero-order valence-corrected chi connectivity index (χ0v) is 10.7. The first-order valence-corrected chi connectivity index (χ1v) is 6.40. The molecule has 4 nitrogen and oxygen atoms in total. The normalized spacial score (nSPS) is 11.6. The Balaban J connectivity index is 2.35. The van der Waals surface area contributed by atoms with Gasteiger partial charge in [0.2, 0.25) is 5.82 Å². The monoisotopic (exact) mass is 292 g/mol. The number of anilines is 1. The molecule has 0 spiro atoms. The van der Waals surface area contributed by atoms with Crippen molar-refractivity contribution < 1.29 is 13.2 Å². The third-order valence-electron chi connectivity index (χ3n) is 1.81. The lowest BCUT2D eigenvalue weighted by molar-refractivity contribution is -0.145. The maximum Gasteiger partial charge on any atom is 0.451 e. The Bertz CT molecular complexity index is 527. The molecule has 2 aromatic heterocycles. The second-order valence-electron chi connectivity index (χ2n) is 3.06. The Labute approximate surface area is 109 Å². The predicted molar refractivity (Wildman–Crippen MR) is 62.8 cm³/mol. The lowest BCUT2D eigenvalue weighted by atomic mass is 10.5. The molecule has 2 rings (SSSR count). The van der Waals surface area contributed by atoms with Gasteiger partial charge in [-0.1, -0.05) is 0 Å². The molecule has 9 heteroatoms. The summed E-state index contributed by atoms with van der Waals surface area (Å²) in [5.41, 5.74) is 0. The highest BCUT2D eigenvalue weighted by molar-refractivity contribution is 8.01. The lowest BCUT2D eigenvalue weighted by Crippen LogP contribution is -2.12. The zero-order valence-electron chi connectivity index (χ0n) is 9.02. The summed E-state index contributed by atoms with van der Waals surface area (Å²) in [6.45, 7) is 0. The molecule has 0 aliphatic heterocycles. The van der Waals surface area contributed by atoms with Crippen molar-refractivity contribution in [1.82, 2.24) is 15.0 Å². The number of thiazole rings is 1. The molecule has 0 bridgehead atoms. The molecule has 0 aliphatic rings. The maximum absolute atomic E-state index is 12.6. The van der Waals surface area contributed by atoms with E-state index in [1.807, 2.05) is 0 Å². The van der Waals surface area contributed by atoms with E-state index in [1.165, 1.54) is 24.5 Å². The minimum absolute atomic E-state index is 0.122. The van der Waals surface area contributed by atoms with E-state index >= 15 is 0 Å². The third-order valence-corrected chi connectivity index (χ3v) is 3.62. The Kier molecular flexibility index (Phi) is 3.71.